The lowest BCUT2D eigenvalue weighted by molar-refractivity contribution is -0.163. The Morgan fingerprint density at radius 2 is 2.24 bits per heavy atom. The van der Waals surface area contributed by atoms with Crippen LogP contribution >= 0.6 is 0 Å². The van der Waals surface area contributed by atoms with E-state index in [0.29, 0.717) is 0 Å². The molecule has 0 saturated heterocycles. The van der Waals surface area contributed by atoms with Crippen molar-refractivity contribution in [2.75, 3.05) is 14.2 Å². The van der Waals surface area contributed by atoms with Crippen molar-refractivity contribution in [3.8, 4) is 0 Å². The molecule has 4 nitrogen and oxygen atoms in total. The first kappa shape index (κ1) is 11.9. The van der Waals surface area contributed by atoms with Crippen LogP contribution in [0.4, 0.5) is 0 Å². The average molecular weight is 235 g/mol. The molecule has 0 radical (unpaired) electrons. The molecule has 1 aliphatic carbocycles. The molecule has 2 rings (SSSR count). The Morgan fingerprint density at radius 3 is 2.82 bits per heavy atom. The highest BCUT2D eigenvalue weighted by atomic mass is 16.5. The summed E-state index contributed by atoms with van der Waals surface area (Å²) in [7, 11) is 3.14. The minimum Gasteiger partial charge on any atom is -0.469 e. The van der Waals surface area contributed by atoms with Gasteiger partial charge in [-0.05, 0) is 6.92 Å². The predicted octanol–water partition coefficient (Wildman–Crippen LogP) is 1.20. The van der Waals surface area contributed by atoms with Crippen molar-refractivity contribution in [2.24, 2.45) is 23.7 Å². The van der Waals surface area contributed by atoms with Crippen molar-refractivity contribution in [3.05, 3.63) is 24.4 Å². The second-order valence-corrected chi connectivity index (χ2v) is 4.55. The fraction of sp³-hybridized carbons (Fsp3) is 0.538. The average Bonchev–Trinajstić information content (AvgIpc) is 2.30. The zero-order valence-electron chi connectivity index (χ0n) is 10.3. The molecule has 0 unspecified atom stereocenters. The smallest absolute Gasteiger partial charge is 0.309 e. The van der Waals surface area contributed by atoms with Gasteiger partial charge in [0.1, 0.15) is 0 Å². The van der Waals surface area contributed by atoms with E-state index in [2.05, 4.69) is 0 Å². The van der Waals surface area contributed by atoms with Crippen LogP contribution in [-0.2, 0) is 14.3 Å². The van der Waals surface area contributed by atoms with Crippen LogP contribution in [0.1, 0.15) is 6.92 Å². The molecule has 4 atom stereocenters. The van der Waals surface area contributed by atoms with E-state index >= 15 is 0 Å². The normalized spacial score (nSPS) is 35.7. The molecule has 92 valence electrons. The Labute approximate surface area is 101 Å². The number of carbonyl (C=O) groups excluding carboxylic acids is 2. The molecule has 2 aliphatic rings. The van der Waals surface area contributed by atoms with Crippen LogP contribution in [0, 0.1) is 23.7 Å². The van der Waals surface area contributed by atoms with Gasteiger partial charge in [0.05, 0.1) is 18.9 Å². The number of amides is 1. The minimum absolute atomic E-state index is 0.00708. The van der Waals surface area contributed by atoms with E-state index in [1.54, 1.807) is 18.1 Å². The first-order valence-corrected chi connectivity index (χ1v) is 5.77. The highest BCUT2D eigenvalue weighted by molar-refractivity contribution is 5.87. The third-order valence-corrected chi connectivity index (χ3v) is 3.71. The van der Waals surface area contributed by atoms with Gasteiger partial charge in [-0.3, -0.25) is 9.59 Å². The van der Waals surface area contributed by atoms with Gasteiger partial charge in [0, 0.05) is 25.1 Å². The van der Waals surface area contributed by atoms with Crippen molar-refractivity contribution in [2.45, 2.75) is 6.92 Å². The van der Waals surface area contributed by atoms with Gasteiger partial charge >= 0.3 is 5.97 Å². The summed E-state index contributed by atoms with van der Waals surface area (Å²) in [5.74, 6) is -0.498. The molecule has 4 heteroatoms. The number of hydrogen-bond donors (Lipinski definition) is 0. The number of carbonyl (C=O) groups is 2. The molecule has 0 aromatic carbocycles. The summed E-state index contributed by atoms with van der Waals surface area (Å²) < 4.78 is 4.81. The molecule has 1 amide bonds. The zero-order chi connectivity index (χ0) is 12.6. The van der Waals surface area contributed by atoms with Gasteiger partial charge in [-0.2, -0.15) is 0 Å². The number of fused-ring (bicyclic) bond motifs is 1. The van der Waals surface area contributed by atoms with Gasteiger partial charge in [0.15, 0.2) is 0 Å². The molecule has 0 bridgehead atoms. The Bertz CT molecular complexity index is 399. The molecule has 0 N–H and O–H groups in total. The Kier molecular flexibility index (Phi) is 3.05. The largest absolute Gasteiger partial charge is 0.469 e. The van der Waals surface area contributed by atoms with E-state index < -0.39 is 0 Å². The van der Waals surface area contributed by atoms with Gasteiger partial charge < -0.3 is 9.64 Å². The zero-order valence-corrected chi connectivity index (χ0v) is 10.3. The maximum atomic E-state index is 12.0. The van der Waals surface area contributed by atoms with Crippen molar-refractivity contribution in [3.63, 3.8) is 0 Å². The van der Waals surface area contributed by atoms with E-state index in [1.807, 2.05) is 25.2 Å². The SMILES string of the molecule is C/C=C/[C@H]1[C@H](C(=O)OC)[C@H]2C=CN(C)C(=O)[C@H]21. The van der Waals surface area contributed by atoms with Gasteiger partial charge in [0.2, 0.25) is 5.91 Å². The van der Waals surface area contributed by atoms with Crippen LogP contribution in [0.15, 0.2) is 24.4 Å². The predicted molar refractivity (Wildman–Crippen MR) is 62.7 cm³/mol. The summed E-state index contributed by atoms with van der Waals surface area (Å²) in [5, 5.41) is 0. The van der Waals surface area contributed by atoms with Crippen LogP contribution in [-0.4, -0.2) is 30.9 Å². The molecule has 1 aliphatic heterocycles. The third kappa shape index (κ3) is 1.68. The maximum Gasteiger partial charge on any atom is 0.309 e. The lowest BCUT2D eigenvalue weighted by Crippen LogP contribution is -2.57. The summed E-state index contributed by atoms with van der Waals surface area (Å²) in [6.07, 6.45) is 7.51. The number of nitrogens with zero attached hydrogens (tertiary/aromatic N) is 1. The number of allylic oxidation sites excluding steroid dienone is 3. The number of ether oxygens (including phenoxy) is 1. The highest BCUT2D eigenvalue weighted by Gasteiger charge is 2.57. The van der Waals surface area contributed by atoms with Gasteiger partial charge in [-0.15, -0.1) is 0 Å². The highest BCUT2D eigenvalue weighted by Crippen LogP contribution is 2.50. The van der Waals surface area contributed by atoms with Crippen molar-refractivity contribution >= 4 is 11.9 Å². The van der Waals surface area contributed by atoms with Crippen LogP contribution < -0.4 is 0 Å². The molecule has 17 heavy (non-hydrogen) atoms. The standard InChI is InChI=1S/C13H17NO3/c1-4-5-8-10-9(11(8)13(16)17-3)6-7-14(2)12(10)15/h4-11H,1-3H3/b5-4+/t8-,9+,10+,11+/m1/s1. The maximum absolute atomic E-state index is 12.0. The second-order valence-electron chi connectivity index (χ2n) is 4.55. The van der Waals surface area contributed by atoms with E-state index in [4.69, 9.17) is 4.74 Å². The van der Waals surface area contributed by atoms with Crippen LogP contribution in [0.3, 0.4) is 0 Å². The Morgan fingerprint density at radius 1 is 1.53 bits per heavy atom. The van der Waals surface area contributed by atoms with Crippen LogP contribution in [0.25, 0.3) is 0 Å². The quantitative estimate of drug-likeness (QED) is 0.533. The number of hydrogen-bond acceptors (Lipinski definition) is 3. The topological polar surface area (TPSA) is 46.6 Å². The van der Waals surface area contributed by atoms with E-state index in [9.17, 15) is 9.59 Å². The fourth-order valence-electron chi connectivity index (χ4n) is 2.83. The fourth-order valence-corrected chi connectivity index (χ4v) is 2.83. The first-order valence-electron chi connectivity index (χ1n) is 5.77. The second kappa shape index (κ2) is 4.35. The number of rotatable bonds is 2. The molecule has 0 aromatic rings. The first-order chi connectivity index (χ1) is 8.11. The molecule has 1 saturated carbocycles. The molecule has 0 spiro atoms. The number of methoxy groups -OCH3 is 1. The van der Waals surface area contributed by atoms with E-state index in [0.717, 1.165) is 0 Å². The monoisotopic (exact) mass is 235 g/mol. The van der Waals surface area contributed by atoms with Gasteiger partial charge in [-0.1, -0.05) is 18.2 Å². The summed E-state index contributed by atoms with van der Waals surface area (Å²) in [5.41, 5.74) is 0. The minimum atomic E-state index is -0.226. The van der Waals surface area contributed by atoms with E-state index in [-0.39, 0.29) is 35.5 Å². The summed E-state index contributed by atoms with van der Waals surface area (Å²) in [6.45, 7) is 1.90. The van der Waals surface area contributed by atoms with Crippen LogP contribution in [0.2, 0.25) is 0 Å². The molecule has 0 aromatic heterocycles. The number of esters is 1. The third-order valence-electron chi connectivity index (χ3n) is 3.71. The Balaban J connectivity index is 2.28. The van der Waals surface area contributed by atoms with Crippen molar-refractivity contribution in [1.29, 1.82) is 0 Å². The summed E-state index contributed by atoms with van der Waals surface area (Å²) in [6, 6.07) is 0. The lowest BCUT2D eigenvalue weighted by atomic mass is 9.55. The van der Waals surface area contributed by atoms with E-state index in [1.165, 1.54) is 7.11 Å². The molecular formula is C13H17NO3. The summed E-state index contributed by atoms with van der Waals surface area (Å²) in [4.78, 5) is 25.3. The Hall–Kier alpha value is -1.58. The lowest BCUT2D eigenvalue weighted by Gasteiger charge is -2.49. The van der Waals surface area contributed by atoms with Crippen molar-refractivity contribution < 1.29 is 14.3 Å². The molecule has 1 heterocycles. The van der Waals surface area contributed by atoms with Gasteiger partial charge in [0.25, 0.3) is 0 Å². The summed E-state index contributed by atoms with van der Waals surface area (Å²) >= 11 is 0. The van der Waals surface area contributed by atoms with Crippen LogP contribution in [0.5, 0.6) is 0 Å². The molecular weight excluding hydrogens is 218 g/mol. The molecule has 1 fully saturated rings. The van der Waals surface area contributed by atoms with Crippen molar-refractivity contribution in [1.82, 2.24) is 4.90 Å². The van der Waals surface area contributed by atoms with Gasteiger partial charge in [-0.25, -0.2) is 0 Å².